The monoisotopic (exact) mass is 633 g/mol. The fourth-order valence-electron chi connectivity index (χ4n) is 6.27. The van der Waals surface area contributed by atoms with Crippen molar-refractivity contribution >= 4 is 20.3 Å². The standard InChI is InChI=1S/C21H26N2.C10H15.C7H6.Ru/c1-14-9-16(3)20(17(4)10-14)22-7-8-23(13-22)21-18(5)11-15(2)12-19(21)6;1-7-6-10(4,5)9(3)8(7)2;1-7-5-3-2-4-6-7;/h9-12H,7-8H2,1-6H3;1-5H3;1-6H;/q;-1;;. The maximum absolute atomic E-state index is 3.44. The molecule has 0 saturated carbocycles. The first kappa shape index (κ1) is 31.0. The Morgan fingerprint density at radius 1 is 0.683 bits per heavy atom. The van der Waals surface area contributed by atoms with Crippen molar-refractivity contribution in [3.8, 4) is 0 Å². The van der Waals surface area contributed by atoms with Crippen LogP contribution in [0.15, 0.2) is 71.3 Å². The van der Waals surface area contributed by atoms with Gasteiger partial charge in [0.2, 0.25) is 0 Å². The summed E-state index contributed by atoms with van der Waals surface area (Å²) in [5.41, 5.74) is 16.6. The van der Waals surface area contributed by atoms with Gasteiger partial charge in [-0.3, -0.25) is 6.08 Å². The summed E-state index contributed by atoms with van der Waals surface area (Å²) in [6.07, 6.45) is 3.44. The van der Waals surface area contributed by atoms with E-state index in [4.69, 9.17) is 0 Å². The summed E-state index contributed by atoms with van der Waals surface area (Å²) in [7, 11) is 0. The summed E-state index contributed by atoms with van der Waals surface area (Å²) < 4.78 is 3.91. The van der Waals surface area contributed by atoms with Gasteiger partial charge in [0, 0.05) is 0 Å². The molecule has 0 amide bonds. The van der Waals surface area contributed by atoms with Crippen LogP contribution in [0.3, 0.4) is 0 Å². The predicted molar refractivity (Wildman–Crippen MR) is 177 cm³/mol. The van der Waals surface area contributed by atoms with E-state index in [1.165, 1.54) is 71.4 Å². The zero-order valence-corrected chi connectivity index (χ0v) is 28.7. The third kappa shape index (κ3) is 6.78. The van der Waals surface area contributed by atoms with E-state index in [2.05, 4.69) is 151 Å². The second kappa shape index (κ2) is 12.5. The molecule has 5 rings (SSSR count). The number of hydrogen-bond acceptors (Lipinski definition) is 2. The Morgan fingerprint density at radius 2 is 1.12 bits per heavy atom. The van der Waals surface area contributed by atoms with E-state index in [0.29, 0.717) is 0 Å². The number of anilines is 2. The van der Waals surface area contributed by atoms with Crippen molar-refractivity contribution in [2.45, 2.75) is 76.2 Å². The zero-order valence-electron chi connectivity index (χ0n) is 26.9. The Bertz CT molecular complexity index is 1470. The van der Waals surface area contributed by atoms with Crippen molar-refractivity contribution in [2.24, 2.45) is 5.41 Å². The van der Waals surface area contributed by atoms with Crippen LogP contribution in [0.2, 0.25) is 0 Å². The van der Waals surface area contributed by atoms with Gasteiger partial charge in [-0.1, -0.05) is 33.1 Å². The SMILES string of the molecule is CC1=[C-]C(C)(C)C(C)=C1C.Cc1cc(C)c(N2CCN(c3c(C)cc(C)cc3C)[C]2=[Ru]=[CH]c2ccccc2)c(C)c1. The minimum absolute atomic E-state index is 0.0911. The molecule has 2 aliphatic rings. The molecule has 1 fully saturated rings. The summed E-state index contributed by atoms with van der Waals surface area (Å²) in [6.45, 7) is 26.4. The van der Waals surface area contributed by atoms with Crippen LogP contribution < -0.4 is 9.80 Å². The average Bonchev–Trinajstić information content (AvgIpc) is 3.36. The molecule has 0 unspecified atom stereocenters. The van der Waals surface area contributed by atoms with Crippen molar-refractivity contribution < 1.29 is 16.2 Å². The molecule has 0 atom stereocenters. The average molecular weight is 633 g/mol. The molecule has 1 aliphatic carbocycles. The molecule has 3 aromatic rings. The molecule has 0 N–H and O–H groups in total. The third-order valence-corrected chi connectivity index (χ3v) is 10.6. The van der Waals surface area contributed by atoms with Crippen LogP contribution in [0, 0.1) is 53.0 Å². The van der Waals surface area contributed by atoms with Crippen LogP contribution in [-0.2, 0) is 16.2 Å². The van der Waals surface area contributed by atoms with Gasteiger partial charge in [0.15, 0.2) is 0 Å². The number of nitrogens with zero attached hydrogens (tertiary/aromatic N) is 2. The Labute approximate surface area is 256 Å². The number of allylic oxidation sites excluding steroid dienone is 4. The molecule has 0 radical (unpaired) electrons. The molecular weight excluding hydrogens is 586 g/mol. The van der Waals surface area contributed by atoms with Crippen LogP contribution in [0.5, 0.6) is 0 Å². The van der Waals surface area contributed by atoms with Crippen LogP contribution in [0.25, 0.3) is 0 Å². The van der Waals surface area contributed by atoms with Crippen molar-refractivity contribution in [1.29, 1.82) is 0 Å². The molecular formula is C38H47N2Ru-. The summed E-state index contributed by atoms with van der Waals surface area (Å²) in [4.78, 5) is 5.20. The normalized spacial score (nSPS) is 16.2. The number of hydrogen-bond donors (Lipinski definition) is 0. The fraction of sp³-hybridized carbons (Fsp3) is 0.368. The van der Waals surface area contributed by atoms with E-state index in [1.807, 2.05) is 0 Å². The Kier molecular flexibility index (Phi) is 9.50. The van der Waals surface area contributed by atoms with E-state index in [0.717, 1.165) is 13.1 Å². The first-order valence-electron chi connectivity index (χ1n) is 14.7. The molecule has 3 heteroatoms. The Morgan fingerprint density at radius 3 is 1.46 bits per heavy atom. The van der Waals surface area contributed by atoms with E-state index in [1.54, 1.807) is 0 Å². The van der Waals surface area contributed by atoms with E-state index in [-0.39, 0.29) is 21.6 Å². The molecule has 0 spiro atoms. The topological polar surface area (TPSA) is 6.48 Å². The first-order chi connectivity index (χ1) is 19.3. The minimum atomic E-state index is -0.0911. The van der Waals surface area contributed by atoms with Gasteiger partial charge in [0.25, 0.3) is 0 Å². The zero-order chi connectivity index (χ0) is 30.1. The molecule has 3 aromatic carbocycles. The predicted octanol–water partition coefficient (Wildman–Crippen LogP) is 9.00. The first-order valence-corrected chi connectivity index (χ1v) is 16.5. The van der Waals surface area contributed by atoms with Crippen molar-refractivity contribution in [3.05, 3.63) is 116 Å². The van der Waals surface area contributed by atoms with E-state index < -0.39 is 0 Å². The summed E-state index contributed by atoms with van der Waals surface area (Å²) in [6, 6.07) is 20.1. The Hall–Kier alpha value is -2.90. The van der Waals surface area contributed by atoms with E-state index >= 15 is 0 Å². The van der Waals surface area contributed by atoms with Crippen LogP contribution in [0.4, 0.5) is 11.4 Å². The second-order valence-electron chi connectivity index (χ2n) is 12.3. The second-order valence-corrected chi connectivity index (χ2v) is 14.1. The van der Waals surface area contributed by atoms with Gasteiger partial charge in [-0.25, -0.2) is 5.57 Å². The van der Waals surface area contributed by atoms with Gasteiger partial charge >= 0.3 is 195 Å². The molecule has 218 valence electrons. The maximum atomic E-state index is 3.44. The number of rotatable bonds is 3. The van der Waals surface area contributed by atoms with Gasteiger partial charge < -0.3 is 0 Å². The summed E-state index contributed by atoms with van der Waals surface area (Å²) in [5, 5.41) is 0. The van der Waals surface area contributed by atoms with E-state index in [9.17, 15) is 0 Å². The molecule has 1 saturated heterocycles. The van der Waals surface area contributed by atoms with Gasteiger partial charge in [-0.05, 0) is 0 Å². The van der Waals surface area contributed by atoms with Gasteiger partial charge in [0.05, 0.1) is 0 Å². The molecule has 1 heterocycles. The summed E-state index contributed by atoms with van der Waals surface area (Å²) in [5.74, 6) is 0. The Balaban J connectivity index is 0.000000328. The van der Waals surface area contributed by atoms with Gasteiger partial charge in [-0.15, -0.1) is 6.92 Å². The molecule has 41 heavy (non-hydrogen) atoms. The third-order valence-electron chi connectivity index (χ3n) is 8.41. The molecule has 0 bridgehead atoms. The van der Waals surface area contributed by atoms with Crippen molar-refractivity contribution in [3.63, 3.8) is 0 Å². The number of aryl methyl sites for hydroxylation is 6. The van der Waals surface area contributed by atoms with Gasteiger partial charge in [0.1, 0.15) is 0 Å². The van der Waals surface area contributed by atoms with Crippen molar-refractivity contribution in [2.75, 3.05) is 22.9 Å². The summed E-state index contributed by atoms with van der Waals surface area (Å²) >= 11 is -0.0911. The fourth-order valence-corrected chi connectivity index (χ4v) is 8.43. The molecule has 2 nitrogen and oxygen atoms in total. The quantitative estimate of drug-likeness (QED) is 0.210. The molecule has 1 aliphatic heterocycles. The number of benzene rings is 3. The molecule has 0 aromatic heterocycles. The van der Waals surface area contributed by atoms with Crippen LogP contribution in [-0.4, -0.2) is 22.1 Å². The van der Waals surface area contributed by atoms with Crippen molar-refractivity contribution in [1.82, 2.24) is 0 Å². The van der Waals surface area contributed by atoms with Crippen LogP contribution >= 0.6 is 0 Å². The van der Waals surface area contributed by atoms with Crippen LogP contribution in [0.1, 0.15) is 73.6 Å². The van der Waals surface area contributed by atoms with Gasteiger partial charge in [-0.2, -0.15) is 11.1 Å².